The average molecular weight is 338 g/mol. The van der Waals surface area contributed by atoms with Gasteiger partial charge in [-0.1, -0.05) is 30.3 Å². The number of nitrogens with zero attached hydrogens (tertiary/aromatic N) is 2. The molecule has 2 heterocycles. The number of hydrogen-bond acceptors (Lipinski definition) is 4. The molecule has 1 aromatic carbocycles. The van der Waals surface area contributed by atoms with E-state index in [0.29, 0.717) is 11.7 Å². The number of aromatic nitrogens is 1. The molecule has 1 fully saturated rings. The number of amides is 1. The second-order valence-electron chi connectivity index (χ2n) is 6.04. The molecule has 1 amide bonds. The van der Waals surface area contributed by atoms with Gasteiger partial charge in [0.2, 0.25) is 0 Å². The summed E-state index contributed by atoms with van der Waals surface area (Å²) in [7, 11) is 0. The molecule has 1 atom stereocenters. The first kappa shape index (κ1) is 15.1. The second kappa shape index (κ2) is 6.24. The van der Waals surface area contributed by atoms with E-state index in [4.69, 9.17) is 4.42 Å². The predicted octanol–water partition coefficient (Wildman–Crippen LogP) is 4.77. The lowest BCUT2D eigenvalue weighted by Gasteiger charge is -2.27. The van der Waals surface area contributed by atoms with E-state index in [1.807, 2.05) is 59.7 Å². The van der Waals surface area contributed by atoms with Crippen LogP contribution < -0.4 is 0 Å². The summed E-state index contributed by atoms with van der Waals surface area (Å²) in [6, 6.07) is 13.9. The maximum absolute atomic E-state index is 13.0. The molecule has 122 valence electrons. The normalized spacial score (nSPS) is 15.2. The summed E-state index contributed by atoms with van der Waals surface area (Å²) < 4.78 is 5.50. The summed E-state index contributed by atoms with van der Waals surface area (Å²) in [5, 5.41) is 2.73. The van der Waals surface area contributed by atoms with Crippen LogP contribution in [0.2, 0.25) is 0 Å². The number of carbonyl (C=O) groups is 1. The standard InChI is InChI=1S/C19H18N2O2S/c1-13(17-8-5-11-23-17)21(15-9-10-15)19(22)16-12-24-18(20-16)14-6-3-2-4-7-14/h2-8,11-13,15H,9-10H2,1H3/t13-/m0/s1. The first-order valence-corrected chi connectivity index (χ1v) is 8.99. The van der Waals surface area contributed by atoms with Crippen molar-refractivity contribution >= 4 is 17.2 Å². The summed E-state index contributed by atoms with van der Waals surface area (Å²) in [6.07, 6.45) is 3.75. The largest absolute Gasteiger partial charge is 0.467 e. The third-order valence-corrected chi connectivity index (χ3v) is 5.18. The maximum atomic E-state index is 13.0. The summed E-state index contributed by atoms with van der Waals surface area (Å²) in [4.78, 5) is 19.5. The molecule has 5 heteroatoms. The van der Waals surface area contributed by atoms with Crippen LogP contribution in [0.5, 0.6) is 0 Å². The third kappa shape index (κ3) is 2.87. The summed E-state index contributed by atoms with van der Waals surface area (Å²) >= 11 is 1.51. The first-order valence-electron chi connectivity index (χ1n) is 8.11. The fraction of sp³-hybridized carbons (Fsp3) is 0.263. The zero-order valence-electron chi connectivity index (χ0n) is 13.4. The highest BCUT2D eigenvalue weighted by Gasteiger charge is 2.38. The van der Waals surface area contributed by atoms with Gasteiger partial charge in [0.1, 0.15) is 16.5 Å². The minimum Gasteiger partial charge on any atom is -0.467 e. The number of carbonyl (C=O) groups excluding carboxylic acids is 1. The van der Waals surface area contributed by atoms with Crippen LogP contribution >= 0.6 is 11.3 Å². The monoisotopic (exact) mass is 338 g/mol. The van der Waals surface area contributed by atoms with Crippen molar-refractivity contribution in [2.45, 2.75) is 31.8 Å². The van der Waals surface area contributed by atoms with Crippen molar-refractivity contribution in [1.82, 2.24) is 9.88 Å². The minimum absolute atomic E-state index is 0.0140. The fourth-order valence-corrected chi connectivity index (χ4v) is 3.69. The van der Waals surface area contributed by atoms with Crippen molar-refractivity contribution in [3.05, 3.63) is 65.6 Å². The fourth-order valence-electron chi connectivity index (χ4n) is 2.89. The molecule has 2 aromatic heterocycles. The van der Waals surface area contributed by atoms with Crippen molar-refractivity contribution in [2.24, 2.45) is 0 Å². The Morgan fingerprint density at radius 3 is 2.71 bits per heavy atom. The number of benzene rings is 1. The summed E-state index contributed by atoms with van der Waals surface area (Å²) in [5.41, 5.74) is 1.56. The molecule has 0 unspecified atom stereocenters. The van der Waals surface area contributed by atoms with Crippen molar-refractivity contribution in [3.8, 4) is 10.6 Å². The van der Waals surface area contributed by atoms with Crippen LogP contribution in [-0.4, -0.2) is 21.8 Å². The Hall–Kier alpha value is -2.40. The molecular formula is C19H18N2O2S. The topological polar surface area (TPSA) is 46.3 Å². The molecule has 4 nitrogen and oxygen atoms in total. The highest BCUT2D eigenvalue weighted by molar-refractivity contribution is 7.13. The molecule has 1 aliphatic carbocycles. The van der Waals surface area contributed by atoms with Gasteiger partial charge in [-0.15, -0.1) is 11.3 Å². The van der Waals surface area contributed by atoms with E-state index in [9.17, 15) is 4.79 Å². The van der Waals surface area contributed by atoms with Gasteiger partial charge in [-0.25, -0.2) is 4.98 Å². The zero-order chi connectivity index (χ0) is 16.5. The van der Waals surface area contributed by atoms with Gasteiger partial charge in [0.25, 0.3) is 5.91 Å². The minimum atomic E-state index is -0.0816. The Balaban J connectivity index is 1.61. The van der Waals surface area contributed by atoms with E-state index in [0.717, 1.165) is 29.2 Å². The van der Waals surface area contributed by atoms with Gasteiger partial charge in [-0.05, 0) is 31.9 Å². The van der Waals surface area contributed by atoms with Crippen LogP contribution in [0.4, 0.5) is 0 Å². The molecule has 0 saturated heterocycles. The number of thiazole rings is 1. The van der Waals surface area contributed by atoms with Gasteiger partial charge >= 0.3 is 0 Å². The number of rotatable bonds is 5. The quantitative estimate of drug-likeness (QED) is 0.673. The molecule has 0 spiro atoms. The van der Waals surface area contributed by atoms with Gasteiger partial charge in [0, 0.05) is 17.0 Å². The lowest BCUT2D eigenvalue weighted by Crippen LogP contribution is -2.35. The van der Waals surface area contributed by atoms with Crippen LogP contribution in [0.1, 0.15) is 42.1 Å². The Morgan fingerprint density at radius 2 is 2.04 bits per heavy atom. The van der Waals surface area contributed by atoms with Crippen LogP contribution in [0, 0.1) is 0 Å². The van der Waals surface area contributed by atoms with Gasteiger partial charge in [-0.3, -0.25) is 4.79 Å². The van der Waals surface area contributed by atoms with Gasteiger partial charge in [0.15, 0.2) is 0 Å². The molecule has 0 aliphatic heterocycles. The summed E-state index contributed by atoms with van der Waals surface area (Å²) in [6.45, 7) is 2.01. The molecule has 3 aromatic rings. The highest BCUT2D eigenvalue weighted by atomic mass is 32.1. The third-order valence-electron chi connectivity index (χ3n) is 4.29. The van der Waals surface area contributed by atoms with Gasteiger partial charge in [0.05, 0.1) is 12.3 Å². The lowest BCUT2D eigenvalue weighted by atomic mass is 10.2. The van der Waals surface area contributed by atoms with Crippen LogP contribution in [-0.2, 0) is 0 Å². The average Bonchev–Trinajstić information content (AvgIpc) is 3.12. The Bertz CT molecular complexity index is 822. The molecule has 4 rings (SSSR count). The molecule has 0 N–H and O–H groups in total. The Morgan fingerprint density at radius 1 is 1.25 bits per heavy atom. The molecular weight excluding hydrogens is 320 g/mol. The second-order valence-corrected chi connectivity index (χ2v) is 6.90. The highest BCUT2D eigenvalue weighted by Crippen LogP contribution is 2.36. The van der Waals surface area contributed by atoms with Gasteiger partial charge < -0.3 is 9.32 Å². The van der Waals surface area contributed by atoms with Crippen molar-refractivity contribution in [3.63, 3.8) is 0 Å². The predicted molar refractivity (Wildman–Crippen MR) is 93.9 cm³/mol. The molecule has 1 aliphatic rings. The molecule has 24 heavy (non-hydrogen) atoms. The Labute approximate surface area is 144 Å². The van der Waals surface area contributed by atoms with E-state index >= 15 is 0 Å². The van der Waals surface area contributed by atoms with E-state index in [2.05, 4.69) is 4.98 Å². The van der Waals surface area contributed by atoms with E-state index in [-0.39, 0.29) is 11.9 Å². The van der Waals surface area contributed by atoms with Gasteiger partial charge in [-0.2, -0.15) is 0 Å². The van der Waals surface area contributed by atoms with Crippen LogP contribution in [0.25, 0.3) is 10.6 Å². The first-order chi connectivity index (χ1) is 11.7. The lowest BCUT2D eigenvalue weighted by molar-refractivity contribution is 0.0647. The summed E-state index contributed by atoms with van der Waals surface area (Å²) in [5.74, 6) is 0.800. The van der Waals surface area contributed by atoms with Crippen LogP contribution in [0.3, 0.4) is 0 Å². The Kier molecular flexibility index (Phi) is 3.94. The number of furan rings is 1. The maximum Gasteiger partial charge on any atom is 0.274 e. The smallest absolute Gasteiger partial charge is 0.274 e. The molecule has 0 bridgehead atoms. The molecule has 0 radical (unpaired) electrons. The van der Waals surface area contributed by atoms with Crippen molar-refractivity contribution < 1.29 is 9.21 Å². The van der Waals surface area contributed by atoms with Crippen LogP contribution in [0.15, 0.2) is 58.5 Å². The SMILES string of the molecule is C[C@@H](c1ccco1)N(C(=O)c1csc(-c2ccccc2)n1)C1CC1. The zero-order valence-corrected chi connectivity index (χ0v) is 14.2. The molecule has 1 saturated carbocycles. The van der Waals surface area contributed by atoms with Crippen molar-refractivity contribution in [1.29, 1.82) is 0 Å². The number of hydrogen-bond donors (Lipinski definition) is 0. The van der Waals surface area contributed by atoms with E-state index in [1.54, 1.807) is 6.26 Å². The van der Waals surface area contributed by atoms with E-state index < -0.39 is 0 Å². The van der Waals surface area contributed by atoms with E-state index in [1.165, 1.54) is 11.3 Å². The van der Waals surface area contributed by atoms with Crippen molar-refractivity contribution in [2.75, 3.05) is 0 Å².